The van der Waals surface area contributed by atoms with Crippen molar-refractivity contribution in [2.75, 3.05) is 26.2 Å². The molecule has 10 heteroatoms. The Bertz CT molecular complexity index is 1290. The number of carbonyl (C=O) groups excluding carboxylic acids is 2. The average molecular weight is 524 g/mol. The van der Waals surface area contributed by atoms with Gasteiger partial charge >= 0.3 is 0 Å². The van der Waals surface area contributed by atoms with Crippen LogP contribution in [0.3, 0.4) is 0 Å². The van der Waals surface area contributed by atoms with Crippen LogP contribution >= 0.6 is 0 Å². The van der Waals surface area contributed by atoms with E-state index < -0.39 is 0 Å². The minimum absolute atomic E-state index is 0.0783. The number of carbonyl (C=O) groups is 2. The molecular weight excluding hydrogens is 485 g/mol. The van der Waals surface area contributed by atoms with Crippen LogP contribution in [0.2, 0.25) is 0 Å². The van der Waals surface area contributed by atoms with Crippen molar-refractivity contribution in [3.05, 3.63) is 47.3 Å². The van der Waals surface area contributed by atoms with E-state index in [4.69, 9.17) is 4.98 Å². The van der Waals surface area contributed by atoms with E-state index >= 15 is 4.39 Å². The summed E-state index contributed by atoms with van der Waals surface area (Å²) in [5, 5.41) is 7.45. The third kappa shape index (κ3) is 5.45. The van der Waals surface area contributed by atoms with Crippen molar-refractivity contribution < 1.29 is 14.0 Å². The van der Waals surface area contributed by atoms with Gasteiger partial charge in [0.15, 0.2) is 5.82 Å². The predicted molar refractivity (Wildman–Crippen MR) is 143 cm³/mol. The Morgan fingerprint density at radius 2 is 1.87 bits per heavy atom. The lowest BCUT2D eigenvalue weighted by atomic mass is 9.79. The monoisotopic (exact) mass is 523 g/mol. The number of hydrogen-bond acceptors (Lipinski definition) is 5. The number of imidazole rings is 1. The molecule has 9 nitrogen and oxygen atoms in total. The number of halogens is 1. The highest BCUT2D eigenvalue weighted by Crippen LogP contribution is 2.37. The number of benzene rings is 1. The molecule has 2 fully saturated rings. The molecule has 3 heterocycles. The lowest BCUT2D eigenvalue weighted by Gasteiger charge is -2.34. The van der Waals surface area contributed by atoms with Crippen molar-refractivity contribution >= 4 is 22.8 Å². The minimum atomic E-state index is -0.342. The highest BCUT2D eigenvalue weighted by Gasteiger charge is 2.32. The fraction of sp³-hybridized carbons (Fsp3) is 0.571. The van der Waals surface area contributed by atoms with Gasteiger partial charge in [0.05, 0.1) is 11.6 Å². The van der Waals surface area contributed by atoms with Gasteiger partial charge in [-0.2, -0.15) is 5.10 Å². The summed E-state index contributed by atoms with van der Waals surface area (Å²) in [4.78, 5) is 37.0. The number of aromatic amines is 1. The van der Waals surface area contributed by atoms with E-state index in [2.05, 4.69) is 27.2 Å². The lowest BCUT2D eigenvalue weighted by molar-refractivity contribution is -0.130. The van der Waals surface area contributed by atoms with E-state index in [0.29, 0.717) is 73.3 Å². The summed E-state index contributed by atoms with van der Waals surface area (Å²) >= 11 is 0. The van der Waals surface area contributed by atoms with Crippen molar-refractivity contribution in [2.45, 2.75) is 65.6 Å². The molecule has 1 atom stereocenters. The van der Waals surface area contributed by atoms with Gasteiger partial charge in [0, 0.05) is 58.0 Å². The van der Waals surface area contributed by atoms with Crippen molar-refractivity contribution in [1.29, 1.82) is 0 Å². The lowest BCUT2D eigenvalue weighted by Crippen LogP contribution is -2.47. The molecule has 1 aliphatic carbocycles. The zero-order chi connectivity index (χ0) is 26.8. The maximum absolute atomic E-state index is 15.7. The summed E-state index contributed by atoms with van der Waals surface area (Å²) in [6.07, 6.45) is 5.79. The van der Waals surface area contributed by atoms with Crippen molar-refractivity contribution in [1.82, 2.24) is 34.9 Å². The first-order valence-corrected chi connectivity index (χ1v) is 13.8. The number of rotatable bonds is 7. The second kappa shape index (κ2) is 11.2. The Balaban J connectivity index is 1.39. The van der Waals surface area contributed by atoms with Crippen LogP contribution in [-0.2, 0) is 17.9 Å². The summed E-state index contributed by atoms with van der Waals surface area (Å²) in [5.41, 5.74) is 2.04. The van der Waals surface area contributed by atoms with Gasteiger partial charge in [-0.25, -0.2) is 9.37 Å². The summed E-state index contributed by atoms with van der Waals surface area (Å²) in [5.74, 6) is 1.03. The number of amides is 2. The molecular formula is C28H38FN7O2. The summed E-state index contributed by atoms with van der Waals surface area (Å²) < 4.78 is 17.4. The molecule has 2 N–H and O–H groups in total. The standard InChI is InChI=1S/C28H38FN7O2/c1-4-36-23(11-12-30-36)28(38)33-25(20-7-5-18(2)6-8-20)27-31-22-10-9-21(24(29)26(22)32-27)17-34-13-15-35(16-14-34)19(3)37/h9-12,18,20,25H,4-8,13-17H2,1-3H3,(H,31,32)(H,33,38)/t18-,20-,25-/m0/s1. The molecule has 0 unspecified atom stereocenters. The number of aryl methyl sites for hydroxylation is 1. The quantitative estimate of drug-likeness (QED) is 0.490. The van der Waals surface area contributed by atoms with Crippen LogP contribution in [-0.4, -0.2) is 67.5 Å². The summed E-state index contributed by atoms with van der Waals surface area (Å²) in [7, 11) is 0. The Kier molecular flexibility index (Phi) is 7.78. The third-order valence-electron chi connectivity index (χ3n) is 8.26. The highest BCUT2D eigenvalue weighted by molar-refractivity contribution is 5.92. The number of piperazine rings is 1. The molecule has 0 spiro atoms. The first kappa shape index (κ1) is 26.3. The molecule has 38 heavy (non-hydrogen) atoms. The highest BCUT2D eigenvalue weighted by atomic mass is 19.1. The number of nitrogens with one attached hydrogen (secondary N) is 2. The van der Waals surface area contributed by atoms with Gasteiger partial charge in [0.25, 0.3) is 5.91 Å². The zero-order valence-corrected chi connectivity index (χ0v) is 22.5. The number of hydrogen-bond donors (Lipinski definition) is 2. The molecule has 3 aromatic rings. The minimum Gasteiger partial charge on any atom is -0.340 e. The normalized spacial score (nSPS) is 21.5. The predicted octanol–water partition coefficient (Wildman–Crippen LogP) is 3.88. The molecule has 1 aromatic carbocycles. The average Bonchev–Trinajstić information content (AvgIpc) is 3.57. The first-order valence-electron chi connectivity index (χ1n) is 13.8. The van der Waals surface area contributed by atoms with Crippen LogP contribution in [0.1, 0.15) is 74.4 Å². The topological polar surface area (TPSA) is 99.2 Å². The van der Waals surface area contributed by atoms with Crippen molar-refractivity contribution in [3.63, 3.8) is 0 Å². The maximum Gasteiger partial charge on any atom is 0.270 e. The largest absolute Gasteiger partial charge is 0.340 e. The Morgan fingerprint density at radius 3 is 2.55 bits per heavy atom. The van der Waals surface area contributed by atoms with Gasteiger partial charge in [-0.15, -0.1) is 0 Å². The Hall–Kier alpha value is -3.27. The summed E-state index contributed by atoms with van der Waals surface area (Å²) in [6.45, 7) is 9.61. The molecule has 1 saturated carbocycles. The number of fused-ring (bicyclic) bond motifs is 1. The molecule has 0 bridgehead atoms. The SMILES string of the molecule is CCn1nccc1C(=O)N[C@H](c1nc2c(F)c(CN3CCN(C(C)=O)CC3)ccc2[nH]1)[C@H]1CC[C@H](C)CC1. The van der Waals surface area contributed by atoms with Crippen LogP contribution in [0, 0.1) is 17.7 Å². The summed E-state index contributed by atoms with van der Waals surface area (Å²) in [6, 6.07) is 5.07. The van der Waals surface area contributed by atoms with Crippen LogP contribution in [0.5, 0.6) is 0 Å². The van der Waals surface area contributed by atoms with E-state index in [1.54, 1.807) is 23.9 Å². The molecule has 0 radical (unpaired) electrons. The molecule has 2 amide bonds. The zero-order valence-electron chi connectivity index (χ0n) is 22.5. The fourth-order valence-electron chi connectivity index (χ4n) is 5.86. The first-order chi connectivity index (χ1) is 18.3. The van der Waals surface area contributed by atoms with Crippen LogP contribution in [0.15, 0.2) is 24.4 Å². The second-order valence-corrected chi connectivity index (χ2v) is 10.8. The van der Waals surface area contributed by atoms with Gasteiger partial charge in [-0.05, 0) is 43.7 Å². The Morgan fingerprint density at radius 1 is 1.13 bits per heavy atom. The van der Waals surface area contributed by atoms with E-state index in [9.17, 15) is 9.59 Å². The molecule has 1 aliphatic heterocycles. The maximum atomic E-state index is 15.7. The van der Waals surface area contributed by atoms with Gasteiger partial charge in [-0.1, -0.05) is 25.8 Å². The van der Waals surface area contributed by atoms with Crippen molar-refractivity contribution in [2.24, 2.45) is 11.8 Å². The van der Waals surface area contributed by atoms with Crippen LogP contribution in [0.4, 0.5) is 4.39 Å². The van der Waals surface area contributed by atoms with E-state index in [1.165, 1.54) is 0 Å². The molecule has 5 rings (SSSR count). The molecule has 204 valence electrons. The molecule has 1 saturated heterocycles. The van der Waals surface area contributed by atoms with Crippen LogP contribution < -0.4 is 5.32 Å². The number of H-pyrrole nitrogens is 1. The van der Waals surface area contributed by atoms with Gasteiger partial charge in [0.2, 0.25) is 5.91 Å². The van der Waals surface area contributed by atoms with Gasteiger partial charge in [0.1, 0.15) is 17.0 Å². The van der Waals surface area contributed by atoms with Crippen molar-refractivity contribution in [3.8, 4) is 0 Å². The molecule has 2 aliphatic rings. The molecule has 2 aromatic heterocycles. The van der Waals surface area contributed by atoms with Gasteiger partial charge < -0.3 is 15.2 Å². The van der Waals surface area contributed by atoms with Gasteiger partial charge in [-0.3, -0.25) is 19.2 Å². The second-order valence-electron chi connectivity index (χ2n) is 10.8. The van der Waals surface area contributed by atoms with E-state index in [-0.39, 0.29) is 29.6 Å². The fourth-order valence-corrected chi connectivity index (χ4v) is 5.86. The smallest absolute Gasteiger partial charge is 0.270 e. The number of nitrogens with zero attached hydrogens (tertiary/aromatic N) is 5. The van der Waals surface area contributed by atoms with E-state index in [1.807, 2.05) is 24.0 Å². The third-order valence-corrected chi connectivity index (χ3v) is 8.26. The Labute approximate surface area is 222 Å². The number of aromatic nitrogens is 4. The van der Waals surface area contributed by atoms with Crippen LogP contribution in [0.25, 0.3) is 11.0 Å². The van der Waals surface area contributed by atoms with E-state index in [0.717, 1.165) is 25.7 Å².